The van der Waals surface area contributed by atoms with Crippen molar-refractivity contribution in [1.82, 2.24) is 5.16 Å². The molecule has 0 unspecified atom stereocenters. The number of nitrogens with two attached hydrogens (primary N) is 1. The normalized spacial score (nSPS) is 10.6. The Morgan fingerprint density at radius 3 is 2.93 bits per heavy atom. The molecule has 0 saturated carbocycles. The van der Waals surface area contributed by atoms with Crippen LogP contribution in [0.3, 0.4) is 0 Å². The lowest BCUT2D eigenvalue weighted by Crippen LogP contribution is -1.98. The number of aromatic nitrogens is 1. The molecule has 1 aromatic heterocycles. The molecule has 1 heterocycles. The minimum atomic E-state index is -1.04. The summed E-state index contributed by atoms with van der Waals surface area (Å²) in [6, 6.07) is 3.16. The molecule has 0 radical (unpaired) electrons. The quantitative estimate of drug-likeness (QED) is 0.713. The van der Waals surface area contributed by atoms with Crippen LogP contribution < -0.4 is 5.73 Å². The SMILES string of the molecule is Cc1ccc(C(=O)O)c2c(N)noc12. The highest BCUT2D eigenvalue weighted by atomic mass is 16.5. The van der Waals surface area contributed by atoms with Gasteiger partial charge in [0.15, 0.2) is 11.4 Å². The first-order valence-corrected chi connectivity index (χ1v) is 3.99. The average molecular weight is 192 g/mol. The minimum absolute atomic E-state index is 0.112. The lowest BCUT2D eigenvalue weighted by Gasteiger charge is -1.98. The third-order valence-corrected chi connectivity index (χ3v) is 2.08. The van der Waals surface area contributed by atoms with Crippen molar-refractivity contribution in [3.8, 4) is 0 Å². The monoisotopic (exact) mass is 192 g/mol. The van der Waals surface area contributed by atoms with Gasteiger partial charge >= 0.3 is 5.97 Å². The molecular weight excluding hydrogens is 184 g/mol. The van der Waals surface area contributed by atoms with Gasteiger partial charge in [0.05, 0.1) is 10.9 Å². The maximum Gasteiger partial charge on any atom is 0.336 e. The number of hydrogen-bond acceptors (Lipinski definition) is 4. The van der Waals surface area contributed by atoms with Crippen LogP contribution >= 0.6 is 0 Å². The van der Waals surface area contributed by atoms with E-state index in [1.54, 1.807) is 13.0 Å². The van der Waals surface area contributed by atoms with Crippen LogP contribution in [0, 0.1) is 6.92 Å². The van der Waals surface area contributed by atoms with Gasteiger partial charge in [0.1, 0.15) is 0 Å². The van der Waals surface area contributed by atoms with Crippen LogP contribution in [-0.4, -0.2) is 16.2 Å². The van der Waals surface area contributed by atoms with Crippen LogP contribution in [0.5, 0.6) is 0 Å². The topological polar surface area (TPSA) is 89.3 Å². The third-order valence-electron chi connectivity index (χ3n) is 2.08. The maximum atomic E-state index is 10.9. The van der Waals surface area contributed by atoms with Gasteiger partial charge in [-0.25, -0.2) is 4.79 Å². The van der Waals surface area contributed by atoms with Crippen LogP contribution in [0.25, 0.3) is 11.0 Å². The largest absolute Gasteiger partial charge is 0.478 e. The highest BCUT2D eigenvalue weighted by Crippen LogP contribution is 2.27. The van der Waals surface area contributed by atoms with E-state index in [0.717, 1.165) is 5.56 Å². The van der Waals surface area contributed by atoms with Crippen LogP contribution in [0.2, 0.25) is 0 Å². The number of anilines is 1. The van der Waals surface area contributed by atoms with Crippen molar-refractivity contribution < 1.29 is 14.4 Å². The molecule has 2 rings (SSSR count). The molecule has 3 N–H and O–H groups in total. The number of hydrogen-bond donors (Lipinski definition) is 2. The fraction of sp³-hybridized carbons (Fsp3) is 0.111. The van der Waals surface area contributed by atoms with Crippen molar-refractivity contribution >= 4 is 22.8 Å². The Bertz CT molecular complexity index is 516. The second-order valence-electron chi connectivity index (χ2n) is 3.01. The molecular formula is C9H8N2O3. The first-order valence-electron chi connectivity index (χ1n) is 3.99. The van der Waals surface area contributed by atoms with Crippen molar-refractivity contribution in [2.75, 3.05) is 5.73 Å². The third kappa shape index (κ3) is 1.02. The Kier molecular flexibility index (Phi) is 1.67. The van der Waals surface area contributed by atoms with Gasteiger partial charge in [-0.05, 0) is 18.6 Å². The first-order chi connectivity index (χ1) is 6.61. The van der Waals surface area contributed by atoms with Gasteiger partial charge < -0.3 is 15.4 Å². The van der Waals surface area contributed by atoms with E-state index in [1.165, 1.54) is 6.07 Å². The lowest BCUT2D eigenvalue weighted by atomic mass is 10.1. The number of carbonyl (C=O) groups is 1. The molecule has 0 fully saturated rings. The standard InChI is InChI=1S/C9H8N2O3/c1-4-2-3-5(9(12)13)6-7(4)14-11-8(6)10/h2-3H,1H3,(H2,10,11)(H,12,13). The number of carboxylic acids is 1. The summed E-state index contributed by atoms with van der Waals surface area (Å²) in [5.74, 6) is -0.925. The number of nitrogens with zero attached hydrogens (tertiary/aromatic N) is 1. The fourth-order valence-corrected chi connectivity index (χ4v) is 1.38. The maximum absolute atomic E-state index is 10.9. The zero-order valence-corrected chi connectivity index (χ0v) is 7.44. The van der Waals surface area contributed by atoms with Crippen molar-refractivity contribution in [2.45, 2.75) is 6.92 Å². The predicted molar refractivity (Wildman–Crippen MR) is 50.1 cm³/mol. The van der Waals surface area contributed by atoms with Crippen LogP contribution in [0.15, 0.2) is 16.7 Å². The van der Waals surface area contributed by atoms with Crippen molar-refractivity contribution in [3.63, 3.8) is 0 Å². The highest BCUT2D eigenvalue weighted by Gasteiger charge is 2.16. The molecule has 0 aliphatic carbocycles. The molecule has 5 heteroatoms. The van der Waals surface area contributed by atoms with Crippen LogP contribution in [-0.2, 0) is 0 Å². The zero-order valence-electron chi connectivity index (χ0n) is 7.44. The molecule has 1 aromatic carbocycles. The smallest absolute Gasteiger partial charge is 0.336 e. The Labute approximate surface area is 79.1 Å². The van der Waals surface area contributed by atoms with E-state index in [0.29, 0.717) is 11.0 Å². The highest BCUT2D eigenvalue weighted by molar-refractivity contribution is 6.07. The molecule has 14 heavy (non-hydrogen) atoms. The molecule has 0 aliphatic rings. The van der Waals surface area contributed by atoms with Crippen molar-refractivity contribution in [3.05, 3.63) is 23.3 Å². The number of benzene rings is 1. The van der Waals surface area contributed by atoms with Gasteiger partial charge in [0.25, 0.3) is 0 Å². The first kappa shape index (κ1) is 8.55. The van der Waals surface area contributed by atoms with Crippen LogP contribution in [0.4, 0.5) is 5.82 Å². The molecule has 0 saturated heterocycles. The molecule has 0 spiro atoms. The molecule has 5 nitrogen and oxygen atoms in total. The molecule has 0 aliphatic heterocycles. The molecule has 0 atom stereocenters. The summed E-state index contributed by atoms with van der Waals surface area (Å²) in [4.78, 5) is 10.9. The number of rotatable bonds is 1. The number of nitrogen functional groups attached to an aromatic ring is 1. The Morgan fingerprint density at radius 1 is 1.57 bits per heavy atom. The fourth-order valence-electron chi connectivity index (χ4n) is 1.38. The summed E-state index contributed by atoms with van der Waals surface area (Å²) in [5.41, 5.74) is 6.88. The number of aromatic carboxylic acids is 1. The van der Waals surface area contributed by atoms with Crippen molar-refractivity contribution in [1.29, 1.82) is 0 Å². The minimum Gasteiger partial charge on any atom is -0.478 e. The summed E-state index contributed by atoms with van der Waals surface area (Å²) in [6.45, 7) is 1.80. The van der Waals surface area contributed by atoms with E-state index < -0.39 is 5.97 Å². The van der Waals surface area contributed by atoms with Crippen molar-refractivity contribution in [2.24, 2.45) is 0 Å². The van der Waals surface area contributed by atoms with Gasteiger partial charge in [-0.15, -0.1) is 0 Å². The van der Waals surface area contributed by atoms with Gasteiger partial charge in [-0.2, -0.15) is 0 Å². The van der Waals surface area contributed by atoms with E-state index in [9.17, 15) is 4.79 Å². The molecule has 2 aromatic rings. The lowest BCUT2D eigenvalue weighted by molar-refractivity contribution is 0.0699. The Hall–Kier alpha value is -2.04. The summed E-state index contributed by atoms with van der Waals surface area (Å²) in [7, 11) is 0. The Balaban J connectivity index is 2.92. The molecule has 0 amide bonds. The van der Waals surface area contributed by atoms with Gasteiger partial charge in [-0.3, -0.25) is 0 Å². The number of fused-ring (bicyclic) bond motifs is 1. The number of carboxylic acid groups (broad SMARTS) is 1. The summed E-state index contributed by atoms with van der Waals surface area (Å²) >= 11 is 0. The van der Waals surface area contributed by atoms with E-state index in [-0.39, 0.29) is 11.4 Å². The second-order valence-corrected chi connectivity index (χ2v) is 3.01. The Morgan fingerprint density at radius 2 is 2.29 bits per heavy atom. The summed E-state index contributed by atoms with van der Waals surface area (Å²) in [5, 5.41) is 12.8. The molecule has 72 valence electrons. The number of aryl methyl sites for hydroxylation is 1. The van der Waals surface area contributed by atoms with E-state index >= 15 is 0 Å². The predicted octanol–water partition coefficient (Wildman–Crippen LogP) is 1.42. The average Bonchev–Trinajstić information content (AvgIpc) is 2.50. The zero-order chi connectivity index (χ0) is 10.3. The second kappa shape index (κ2) is 2.73. The molecule has 0 bridgehead atoms. The summed E-state index contributed by atoms with van der Waals surface area (Å²) < 4.78 is 4.93. The van der Waals surface area contributed by atoms with Gasteiger partial charge in [-0.1, -0.05) is 11.2 Å². The van der Waals surface area contributed by atoms with Gasteiger partial charge in [0, 0.05) is 0 Å². The van der Waals surface area contributed by atoms with Crippen LogP contribution in [0.1, 0.15) is 15.9 Å². The summed E-state index contributed by atoms with van der Waals surface area (Å²) in [6.07, 6.45) is 0. The van der Waals surface area contributed by atoms with Gasteiger partial charge in [0.2, 0.25) is 0 Å². The van der Waals surface area contributed by atoms with E-state index in [1.807, 2.05) is 0 Å². The van der Waals surface area contributed by atoms with E-state index in [2.05, 4.69) is 5.16 Å². The van der Waals surface area contributed by atoms with E-state index in [4.69, 9.17) is 15.4 Å².